The van der Waals surface area contributed by atoms with Crippen LogP contribution in [0.2, 0.25) is 0 Å². The Morgan fingerprint density at radius 2 is 2.06 bits per heavy atom. The summed E-state index contributed by atoms with van der Waals surface area (Å²) in [6, 6.07) is 9.16. The lowest BCUT2D eigenvalue weighted by molar-refractivity contribution is -0.144. The van der Waals surface area contributed by atoms with Gasteiger partial charge in [-0.05, 0) is 12.6 Å². The molecule has 1 aromatic rings. The first-order valence-electron chi connectivity index (χ1n) is 5.11. The van der Waals surface area contributed by atoms with E-state index in [1.165, 1.54) is 7.11 Å². The molecule has 0 bridgehead atoms. The number of likely N-dealkylation sites (N-methyl/N-ethyl adjacent to an activating group) is 1. The smallest absolute Gasteiger partial charge is 0.323 e. The second kappa shape index (κ2) is 6.25. The summed E-state index contributed by atoms with van der Waals surface area (Å²) < 4.78 is 4.90. The summed E-state index contributed by atoms with van der Waals surface area (Å²) in [6.45, 7) is 0.792. The molecule has 0 fully saturated rings. The Labute approximate surface area is 95.5 Å². The van der Waals surface area contributed by atoms with Crippen molar-refractivity contribution in [2.45, 2.75) is 12.6 Å². The lowest BCUT2D eigenvalue weighted by atomic mass is 10.2. The van der Waals surface area contributed by atoms with Crippen molar-refractivity contribution in [3.05, 3.63) is 35.9 Å². The molecule has 16 heavy (non-hydrogen) atoms. The van der Waals surface area contributed by atoms with E-state index in [0.717, 1.165) is 5.56 Å². The highest BCUT2D eigenvalue weighted by atomic mass is 16.5. The van der Waals surface area contributed by atoms with Gasteiger partial charge >= 0.3 is 5.97 Å². The van der Waals surface area contributed by atoms with Crippen molar-refractivity contribution in [1.29, 1.82) is 0 Å². The van der Waals surface area contributed by atoms with E-state index in [1.54, 1.807) is 11.9 Å². The number of carboxylic acid groups (broad SMARTS) is 1. The van der Waals surface area contributed by atoms with E-state index in [0.29, 0.717) is 6.54 Å². The van der Waals surface area contributed by atoms with E-state index in [4.69, 9.17) is 9.84 Å². The molecule has 4 heteroatoms. The molecule has 0 radical (unpaired) electrons. The van der Waals surface area contributed by atoms with Crippen LogP contribution in [0.25, 0.3) is 0 Å². The van der Waals surface area contributed by atoms with Crippen molar-refractivity contribution in [3.8, 4) is 0 Å². The van der Waals surface area contributed by atoms with Crippen LogP contribution in [0.3, 0.4) is 0 Å². The van der Waals surface area contributed by atoms with E-state index in [-0.39, 0.29) is 6.61 Å². The summed E-state index contributed by atoms with van der Waals surface area (Å²) in [5, 5.41) is 9.03. The monoisotopic (exact) mass is 223 g/mol. The molecule has 0 aliphatic carbocycles. The zero-order valence-corrected chi connectivity index (χ0v) is 9.59. The second-order valence-corrected chi connectivity index (χ2v) is 3.71. The third kappa shape index (κ3) is 3.64. The number of rotatable bonds is 6. The number of methoxy groups -OCH3 is 1. The maximum absolute atomic E-state index is 11.0. The normalized spacial score (nSPS) is 12.7. The van der Waals surface area contributed by atoms with E-state index in [1.807, 2.05) is 30.3 Å². The highest BCUT2D eigenvalue weighted by Crippen LogP contribution is 2.06. The number of benzene rings is 1. The third-order valence-electron chi connectivity index (χ3n) is 2.42. The fraction of sp³-hybridized carbons (Fsp3) is 0.417. The minimum absolute atomic E-state index is 0.193. The number of aliphatic carboxylic acids is 1. The molecular formula is C12H17NO3. The first kappa shape index (κ1) is 12.7. The van der Waals surface area contributed by atoms with Gasteiger partial charge in [-0.3, -0.25) is 9.69 Å². The van der Waals surface area contributed by atoms with Crippen LogP contribution in [0.1, 0.15) is 5.56 Å². The molecule has 0 aliphatic heterocycles. The average molecular weight is 223 g/mol. The molecule has 1 unspecified atom stereocenters. The van der Waals surface area contributed by atoms with Crippen LogP contribution in [0.15, 0.2) is 30.3 Å². The standard InChI is InChI=1S/C12H17NO3/c1-13(11(9-16-2)12(14)15)8-10-6-4-3-5-7-10/h3-7,11H,8-9H2,1-2H3,(H,14,15). The number of hydrogen-bond donors (Lipinski definition) is 1. The first-order valence-corrected chi connectivity index (χ1v) is 5.11. The zero-order valence-electron chi connectivity index (χ0n) is 9.59. The molecule has 0 heterocycles. The van der Waals surface area contributed by atoms with Crippen LogP contribution in [0.4, 0.5) is 0 Å². The average Bonchev–Trinajstić information content (AvgIpc) is 2.26. The highest BCUT2D eigenvalue weighted by molar-refractivity contribution is 5.73. The van der Waals surface area contributed by atoms with Crippen LogP contribution in [-0.4, -0.2) is 42.8 Å². The molecule has 88 valence electrons. The summed E-state index contributed by atoms with van der Waals surface area (Å²) in [5.41, 5.74) is 1.09. The largest absolute Gasteiger partial charge is 0.480 e. The van der Waals surface area contributed by atoms with Gasteiger partial charge in [0.25, 0.3) is 0 Å². The molecule has 1 aromatic carbocycles. The highest BCUT2D eigenvalue weighted by Gasteiger charge is 2.22. The number of hydrogen-bond acceptors (Lipinski definition) is 3. The Morgan fingerprint density at radius 3 is 2.56 bits per heavy atom. The number of nitrogens with zero attached hydrogens (tertiary/aromatic N) is 1. The Morgan fingerprint density at radius 1 is 1.44 bits per heavy atom. The van der Waals surface area contributed by atoms with Gasteiger partial charge in [-0.2, -0.15) is 0 Å². The van der Waals surface area contributed by atoms with Crippen molar-refractivity contribution < 1.29 is 14.6 Å². The minimum Gasteiger partial charge on any atom is -0.480 e. The molecule has 1 rings (SSSR count). The molecular weight excluding hydrogens is 206 g/mol. The van der Waals surface area contributed by atoms with Crippen molar-refractivity contribution in [3.63, 3.8) is 0 Å². The molecule has 0 aromatic heterocycles. The van der Waals surface area contributed by atoms with Gasteiger partial charge in [-0.15, -0.1) is 0 Å². The Bertz CT molecular complexity index is 326. The van der Waals surface area contributed by atoms with Gasteiger partial charge in [-0.1, -0.05) is 30.3 Å². The number of ether oxygens (including phenoxy) is 1. The van der Waals surface area contributed by atoms with Crippen molar-refractivity contribution in [1.82, 2.24) is 4.90 Å². The SMILES string of the molecule is COCC(C(=O)O)N(C)Cc1ccccc1. The van der Waals surface area contributed by atoms with Crippen LogP contribution < -0.4 is 0 Å². The quantitative estimate of drug-likeness (QED) is 0.787. The van der Waals surface area contributed by atoms with E-state index in [2.05, 4.69) is 0 Å². The van der Waals surface area contributed by atoms with Gasteiger partial charge < -0.3 is 9.84 Å². The van der Waals surface area contributed by atoms with Gasteiger partial charge in [0.05, 0.1) is 6.61 Å². The van der Waals surface area contributed by atoms with Crippen molar-refractivity contribution in [2.75, 3.05) is 20.8 Å². The van der Waals surface area contributed by atoms with Gasteiger partial charge in [0.2, 0.25) is 0 Å². The summed E-state index contributed by atoms with van der Waals surface area (Å²) in [6.07, 6.45) is 0. The number of carboxylic acids is 1. The number of carbonyl (C=O) groups is 1. The predicted molar refractivity (Wildman–Crippen MR) is 61.2 cm³/mol. The molecule has 0 saturated heterocycles. The van der Waals surface area contributed by atoms with Gasteiger partial charge in [0, 0.05) is 13.7 Å². The Balaban J connectivity index is 2.62. The summed E-state index contributed by atoms with van der Waals surface area (Å²) in [7, 11) is 3.29. The Kier molecular flexibility index (Phi) is 4.95. The van der Waals surface area contributed by atoms with Gasteiger partial charge in [0.15, 0.2) is 0 Å². The Hall–Kier alpha value is -1.39. The first-order chi connectivity index (χ1) is 7.65. The molecule has 1 N–H and O–H groups in total. The lowest BCUT2D eigenvalue weighted by Crippen LogP contribution is -2.41. The minimum atomic E-state index is -0.861. The molecule has 0 aliphatic rings. The van der Waals surface area contributed by atoms with Crippen LogP contribution >= 0.6 is 0 Å². The lowest BCUT2D eigenvalue weighted by Gasteiger charge is -2.23. The van der Waals surface area contributed by atoms with Crippen molar-refractivity contribution >= 4 is 5.97 Å². The fourth-order valence-electron chi connectivity index (χ4n) is 1.53. The van der Waals surface area contributed by atoms with Crippen molar-refractivity contribution in [2.24, 2.45) is 0 Å². The second-order valence-electron chi connectivity index (χ2n) is 3.71. The molecule has 0 saturated carbocycles. The van der Waals surface area contributed by atoms with E-state index >= 15 is 0 Å². The molecule has 1 atom stereocenters. The third-order valence-corrected chi connectivity index (χ3v) is 2.42. The summed E-state index contributed by atoms with van der Waals surface area (Å²) >= 11 is 0. The maximum atomic E-state index is 11.0. The summed E-state index contributed by atoms with van der Waals surface area (Å²) in [5.74, 6) is -0.861. The molecule has 0 spiro atoms. The topological polar surface area (TPSA) is 49.8 Å². The maximum Gasteiger partial charge on any atom is 0.323 e. The van der Waals surface area contributed by atoms with E-state index in [9.17, 15) is 4.79 Å². The van der Waals surface area contributed by atoms with Crippen LogP contribution in [0.5, 0.6) is 0 Å². The summed E-state index contributed by atoms with van der Waals surface area (Å²) in [4.78, 5) is 12.8. The van der Waals surface area contributed by atoms with E-state index < -0.39 is 12.0 Å². The molecule has 0 amide bonds. The zero-order chi connectivity index (χ0) is 12.0. The van der Waals surface area contributed by atoms with Crippen LogP contribution in [-0.2, 0) is 16.1 Å². The molecule has 4 nitrogen and oxygen atoms in total. The van der Waals surface area contributed by atoms with Gasteiger partial charge in [0.1, 0.15) is 6.04 Å². The van der Waals surface area contributed by atoms with Gasteiger partial charge in [-0.25, -0.2) is 0 Å². The van der Waals surface area contributed by atoms with Crippen LogP contribution in [0, 0.1) is 0 Å². The fourth-order valence-corrected chi connectivity index (χ4v) is 1.53. The predicted octanol–water partition coefficient (Wildman–Crippen LogP) is 1.22.